The lowest BCUT2D eigenvalue weighted by atomic mass is 10.0. The van der Waals surface area contributed by atoms with Crippen LogP contribution in [0.5, 0.6) is 0 Å². The Labute approximate surface area is 128 Å². The van der Waals surface area contributed by atoms with Gasteiger partial charge in [-0.2, -0.15) is 0 Å². The minimum Gasteiger partial charge on any atom is -0.379 e. The molecule has 0 fully saturated rings. The van der Waals surface area contributed by atoms with Crippen molar-refractivity contribution in [2.24, 2.45) is 0 Å². The van der Waals surface area contributed by atoms with Crippen LogP contribution in [0.1, 0.15) is 33.3 Å². The monoisotopic (exact) mass is 302 g/mol. The number of hydrogen-bond acceptors (Lipinski definition) is 4. The molecule has 0 spiro atoms. The van der Waals surface area contributed by atoms with Crippen molar-refractivity contribution in [2.75, 3.05) is 17.7 Å². The summed E-state index contributed by atoms with van der Waals surface area (Å²) in [6.07, 6.45) is 0. The number of thiophene rings is 1. The first-order valence-corrected chi connectivity index (χ1v) is 7.45. The van der Waals surface area contributed by atoms with Crippen LogP contribution < -0.4 is 10.6 Å². The number of carbonyl (C=O) groups excluding carboxylic acids is 2. The lowest BCUT2D eigenvalue weighted by Crippen LogP contribution is -2.07. The lowest BCUT2D eigenvalue weighted by Gasteiger charge is -2.06. The van der Waals surface area contributed by atoms with Gasteiger partial charge < -0.3 is 10.6 Å². The van der Waals surface area contributed by atoms with E-state index < -0.39 is 0 Å². The van der Waals surface area contributed by atoms with Crippen LogP contribution in [-0.2, 0) is 4.79 Å². The van der Waals surface area contributed by atoms with Crippen molar-refractivity contribution in [3.05, 3.63) is 45.8 Å². The van der Waals surface area contributed by atoms with Gasteiger partial charge in [-0.25, -0.2) is 0 Å². The number of aryl methyl sites for hydroxylation is 1. The Morgan fingerprint density at radius 2 is 1.71 bits per heavy atom. The fraction of sp³-hybridized carbons (Fsp3) is 0.250. The van der Waals surface area contributed by atoms with Gasteiger partial charge in [0.1, 0.15) is 0 Å². The van der Waals surface area contributed by atoms with Crippen LogP contribution in [-0.4, -0.2) is 18.7 Å². The van der Waals surface area contributed by atoms with Crippen molar-refractivity contribution in [3.63, 3.8) is 0 Å². The van der Waals surface area contributed by atoms with E-state index in [1.54, 1.807) is 35.6 Å². The summed E-state index contributed by atoms with van der Waals surface area (Å²) in [6, 6.07) is 6.95. The minimum atomic E-state index is -0.129. The first-order chi connectivity index (χ1) is 9.93. The van der Waals surface area contributed by atoms with Gasteiger partial charge in [-0.05, 0) is 43.7 Å². The van der Waals surface area contributed by atoms with Crippen LogP contribution in [0.4, 0.5) is 10.7 Å². The Hall–Kier alpha value is -2.14. The molecule has 0 aliphatic carbocycles. The quantitative estimate of drug-likeness (QED) is 0.848. The number of nitrogens with one attached hydrogen (secondary N) is 2. The number of amides is 1. The molecule has 4 nitrogen and oxygen atoms in total. The number of benzene rings is 1. The molecular weight excluding hydrogens is 284 g/mol. The van der Waals surface area contributed by atoms with Gasteiger partial charge in [0.25, 0.3) is 0 Å². The van der Waals surface area contributed by atoms with E-state index >= 15 is 0 Å². The molecule has 0 aliphatic heterocycles. The van der Waals surface area contributed by atoms with E-state index in [1.807, 2.05) is 20.9 Å². The van der Waals surface area contributed by atoms with E-state index in [4.69, 9.17) is 0 Å². The second-order valence-electron chi connectivity index (χ2n) is 4.83. The summed E-state index contributed by atoms with van der Waals surface area (Å²) in [6.45, 7) is 5.43. The number of anilines is 2. The van der Waals surface area contributed by atoms with Crippen LogP contribution in [0, 0.1) is 13.8 Å². The molecule has 0 bridgehead atoms. The normalized spacial score (nSPS) is 10.3. The zero-order valence-corrected chi connectivity index (χ0v) is 13.4. The Bertz CT molecular complexity index is 687. The standard InChI is InChI=1S/C16H18N2O2S/c1-9-10(2)21-16(17-4)14(9)15(20)12-5-7-13(8-6-12)18-11(3)19/h5-8,17H,1-4H3,(H,18,19). The lowest BCUT2D eigenvalue weighted by molar-refractivity contribution is -0.114. The molecule has 2 N–H and O–H groups in total. The summed E-state index contributed by atoms with van der Waals surface area (Å²) < 4.78 is 0. The van der Waals surface area contributed by atoms with E-state index in [0.717, 1.165) is 21.0 Å². The van der Waals surface area contributed by atoms with Crippen molar-refractivity contribution in [3.8, 4) is 0 Å². The summed E-state index contributed by atoms with van der Waals surface area (Å²) in [4.78, 5) is 24.8. The highest BCUT2D eigenvalue weighted by Crippen LogP contribution is 2.33. The molecule has 0 atom stereocenters. The van der Waals surface area contributed by atoms with Crippen LogP contribution in [0.25, 0.3) is 0 Å². The van der Waals surface area contributed by atoms with Gasteiger partial charge >= 0.3 is 0 Å². The molecule has 2 aromatic rings. The van der Waals surface area contributed by atoms with Gasteiger partial charge in [-0.1, -0.05) is 0 Å². The third kappa shape index (κ3) is 3.13. The topological polar surface area (TPSA) is 58.2 Å². The van der Waals surface area contributed by atoms with Crippen LogP contribution in [0.2, 0.25) is 0 Å². The molecule has 1 aromatic carbocycles. The predicted molar refractivity (Wildman–Crippen MR) is 87.5 cm³/mol. The second-order valence-corrected chi connectivity index (χ2v) is 6.05. The Balaban J connectivity index is 2.34. The van der Waals surface area contributed by atoms with Crippen molar-refractivity contribution >= 4 is 33.7 Å². The fourth-order valence-corrected chi connectivity index (χ4v) is 3.14. The Kier molecular flexibility index (Phi) is 4.43. The predicted octanol–water partition coefficient (Wildman–Crippen LogP) is 3.60. The number of ketones is 1. The molecule has 0 unspecified atom stereocenters. The summed E-state index contributed by atoms with van der Waals surface area (Å²) in [7, 11) is 1.82. The van der Waals surface area contributed by atoms with Gasteiger partial charge in [0.15, 0.2) is 5.78 Å². The average molecular weight is 302 g/mol. The van der Waals surface area contributed by atoms with E-state index in [1.165, 1.54) is 6.92 Å². The maximum Gasteiger partial charge on any atom is 0.221 e. The van der Waals surface area contributed by atoms with Gasteiger partial charge in [0, 0.05) is 30.1 Å². The van der Waals surface area contributed by atoms with E-state index in [0.29, 0.717) is 11.3 Å². The molecular formula is C16H18N2O2S. The van der Waals surface area contributed by atoms with Gasteiger partial charge in [-0.3, -0.25) is 9.59 Å². The zero-order valence-electron chi connectivity index (χ0n) is 12.5. The molecule has 1 amide bonds. The maximum absolute atomic E-state index is 12.7. The number of hydrogen-bond donors (Lipinski definition) is 2. The Morgan fingerprint density at radius 1 is 1.10 bits per heavy atom. The number of carbonyl (C=O) groups is 2. The zero-order chi connectivity index (χ0) is 15.6. The molecule has 5 heteroatoms. The average Bonchev–Trinajstić information content (AvgIpc) is 2.73. The summed E-state index contributed by atoms with van der Waals surface area (Å²) in [5.74, 6) is -0.133. The van der Waals surface area contributed by atoms with E-state index in [9.17, 15) is 9.59 Å². The minimum absolute atomic E-state index is 0.00410. The molecule has 2 rings (SSSR count). The highest BCUT2D eigenvalue weighted by Gasteiger charge is 2.20. The van der Waals surface area contributed by atoms with Crippen LogP contribution >= 0.6 is 11.3 Å². The smallest absolute Gasteiger partial charge is 0.221 e. The van der Waals surface area contributed by atoms with Crippen LogP contribution in [0.15, 0.2) is 24.3 Å². The van der Waals surface area contributed by atoms with Crippen molar-refractivity contribution < 1.29 is 9.59 Å². The molecule has 0 saturated heterocycles. The first kappa shape index (κ1) is 15.3. The van der Waals surface area contributed by atoms with E-state index in [-0.39, 0.29) is 11.7 Å². The first-order valence-electron chi connectivity index (χ1n) is 6.64. The molecule has 110 valence electrons. The summed E-state index contributed by atoms with van der Waals surface area (Å²) in [5, 5.41) is 6.66. The second kappa shape index (κ2) is 6.10. The molecule has 1 heterocycles. The number of rotatable bonds is 4. The highest BCUT2D eigenvalue weighted by atomic mass is 32.1. The maximum atomic E-state index is 12.7. The van der Waals surface area contributed by atoms with Crippen molar-refractivity contribution in [1.82, 2.24) is 0 Å². The molecule has 21 heavy (non-hydrogen) atoms. The van der Waals surface area contributed by atoms with Crippen LogP contribution in [0.3, 0.4) is 0 Å². The summed E-state index contributed by atoms with van der Waals surface area (Å²) in [5.41, 5.74) is 3.04. The Morgan fingerprint density at radius 3 is 2.24 bits per heavy atom. The van der Waals surface area contributed by atoms with Crippen molar-refractivity contribution in [2.45, 2.75) is 20.8 Å². The van der Waals surface area contributed by atoms with Gasteiger partial charge in [0.2, 0.25) is 5.91 Å². The molecule has 1 aromatic heterocycles. The third-order valence-electron chi connectivity index (χ3n) is 3.31. The molecule has 0 saturated carbocycles. The van der Waals surface area contributed by atoms with E-state index in [2.05, 4.69) is 10.6 Å². The van der Waals surface area contributed by atoms with Crippen molar-refractivity contribution in [1.29, 1.82) is 0 Å². The summed E-state index contributed by atoms with van der Waals surface area (Å²) >= 11 is 1.59. The third-order valence-corrected chi connectivity index (χ3v) is 4.53. The molecule has 0 aliphatic rings. The largest absolute Gasteiger partial charge is 0.379 e. The van der Waals surface area contributed by atoms with Gasteiger partial charge in [-0.15, -0.1) is 11.3 Å². The molecule has 0 radical (unpaired) electrons. The van der Waals surface area contributed by atoms with Gasteiger partial charge in [0.05, 0.1) is 10.6 Å². The highest BCUT2D eigenvalue weighted by molar-refractivity contribution is 7.16. The SMILES string of the molecule is CNc1sc(C)c(C)c1C(=O)c1ccc(NC(C)=O)cc1. The fourth-order valence-electron chi connectivity index (χ4n) is 2.13.